The molecule has 2 atom stereocenters. The molecule has 2 unspecified atom stereocenters. The van der Waals surface area contributed by atoms with Crippen LogP contribution in [0.3, 0.4) is 0 Å². The van der Waals surface area contributed by atoms with Crippen molar-refractivity contribution in [1.29, 1.82) is 0 Å². The van der Waals surface area contributed by atoms with Gasteiger partial charge in [0.15, 0.2) is 0 Å². The highest BCUT2D eigenvalue weighted by atomic mass is 35.5. The first-order valence-corrected chi connectivity index (χ1v) is 13.2. The zero-order valence-electron chi connectivity index (χ0n) is 18.1. The number of carbonyl (C=O) groups excluding carboxylic acids is 1. The van der Waals surface area contributed by atoms with Gasteiger partial charge in [0.1, 0.15) is 5.60 Å². The highest BCUT2D eigenvalue weighted by molar-refractivity contribution is 7.98. The molecule has 0 aliphatic carbocycles. The van der Waals surface area contributed by atoms with Crippen molar-refractivity contribution < 1.29 is 22.1 Å². The Morgan fingerprint density at radius 1 is 1.16 bits per heavy atom. The molecule has 5 nitrogen and oxygen atoms in total. The van der Waals surface area contributed by atoms with Crippen molar-refractivity contribution in [3.05, 3.63) is 64.2 Å². The van der Waals surface area contributed by atoms with Crippen molar-refractivity contribution in [1.82, 2.24) is 0 Å². The average molecular weight is 483 g/mol. The molecule has 2 aromatic rings. The number of thioether (sulfide) groups is 1. The van der Waals surface area contributed by atoms with Crippen LogP contribution >= 0.6 is 23.4 Å². The average Bonchev–Trinajstić information content (AvgIpc) is 2.81. The van der Waals surface area contributed by atoms with E-state index in [1.807, 2.05) is 42.5 Å². The molecule has 0 saturated carbocycles. The van der Waals surface area contributed by atoms with Gasteiger partial charge in [0.25, 0.3) is 10.1 Å². The molecule has 0 bridgehead atoms. The van der Waals surface area contributed by atoms with Crippen molar-refractivity contribution in [3.63, 3.8) is 0 Å². The van der Waals surface area contributed by atoms with Gasteiger partial charge < -0.3 is 4.74 Å². The van der Waals surface area contributed by atoms with Gasteiger partial charge >= 0.3 is 5.97 Å². The molecule has 31 heavy (non-hydrogen) atoms. The summed E-state index contributed by atoms with van der Waals surface area (Å²) in [5.41, 5.74) is 2.36. The first-order valence-electron chi connectivity index (χ1n) is 10.00. The molecule has 2 aromatic carbocycles. The van der Waals surface area contributed by atoms with Crippen molar-refractivity contribution in [3.8, 4) is 0 Å². The lowest BCUT2D eigenvalue weighted by atomic mass is 9.78. The molecule has 0 radical (unpaired) electrons. The second-order valence-electron chi connectivity index (χ2n) is 8.65. The molecule has 1 heterocycles. The van der Waals surface area contributed by atoms with Gasteiger partial charge in [-0.3, -0.25) is 8.98 Å². The normalized spacial score (nSPS) is 17.3. The Morgan fingerprint density at radius 2 is 1.84 bits per heavy atom. The maximum atomic E-state index is 12.8. The van der Waals surface area contributed by atoms with Crippen LogP contribution < -0.4 is 0 Å². The number of hydrogen-bond donors (Lipinski definition) is 0. The van der Waals surface area contributed by atoms with E-state index in [4.69, 9.17) is 20.5 Å². The third kappa shape index (κ3) is 6.48. The Morgan fingerprint density at radius 3 is 2.52 bits per heavy atom. The number of benzene rings is 2. The van der Waals surface area contributed by atoms with Gasteiger partial charge in [-0.1, -0.05) is 41.9 Å². The highest BCUT2D eigenvalue weighted by Crippen LogP contribution is 2.46. The third-order valence-corrected chi connectivity index (χ3v) is 6.97. The van der Waals surface area contributed by atoms with Gasteiger partial charge in [-0.25, -0.2) is 0 Å². The molecule has 0 spiro atoms. The number of rotatable bonds is 6. The standard InChI is InChI=1S/C23H27ClO5S2/c1-23(2,3)29-21(25)12-15(13-28-31(4,26)27)22-16-9-7-10-19(24)18(16)14-30-20-11-6-5-8-17(20)22/h5-11,15,22H,12-14H2,1-4H3. The van der Waals surface area contributed by atoms with Crippen LogP contribution in [0.2, 0.25) is 5.02 Å². The van der Waals surface area contributed by atoms with Crippen molar-refractivity contribution in [2.45, 2.75) is 49.4 Å². The molecule has 8 heteroatoms. The van der Waals surface area contributed by atoms with E-state index in [2.05, 4.69) is 0 Å². The van der Waals surface area contributed by atoms with Gasteiger partial charge in [-0.15, -0.1) is 11.8 Å². The molecule has 0 N–H and O–H groups in total. The molecule has 0 aromatic heterocycles. The summed E-state index contributed by atoms with van der Waals surface area (Å²) in [5, 5.41) is 0.655. The summed E-state index contributed by atoms with van der Waals surface area (Å²) in [6.45, 7) is 5.28. The fourth-order valence-corrected chi connectivity index (χ4v) is 5.70. The smallest absolute Gasteiger partial charge is 0.306 e. The quantitative estimate of drug-likeness (QED) is 0.405. The van der Waals surface area contributed by atoms with Gasteiger partial charge in [-0.05, 0) is 49.6 Å². The minimum atomic E-state index is -3.68. The SMILES string of the molecule is CC(C)(C)OC(=O)CC(COS(C)(=O)=O)C1c2ccccc2SCc2c(Cl)cccc21. The van der Waals surface area contributed by atoms with Crippen LogP contribution in [0.4, 0.5) is 0 Å². The predicted octanol–water partition coefficient (Wildman–Crippen LogP) is 5.40. The van der Waals surface area contributed by atoms with E-state index in [-0.39, 0.29) is 18.9 Å². The first-order chi connectivity index (χ1) is 14.4. The van der Waals surface area contributed by atoms with Crippen LogP contribution in [-0.4, -0.2) is 32.9 Å². The highest BCUT2D eigenvalue weighted by Gasteiger charge is 2.35. The second kappa shape index (κ2) is 9.53. The van der Waals surface area contributed by atoms with Crippen LogP contribution in [0.15, 0.2) is 47.4 Å². The Bertz CT molecular complexity index is 1060. The number of hydrogen-bond acceptors (Lipinski definition) is 6. The fraction of sp³-hybridized carbons (Fsp3) is 0.435. The zero-order chi connectivity index (χ0) is 22.8. The number of ether oxygens (including phenoxy) is 1. The Labute approximate surface area is 193 Å². The molecular formula is C23H27ClO5S2. The lowest BCUT2D eigenvalue weighted by Crippen LogP contribution is -2.29. The molecule has 0 saturated heterocycles. The second-order valence-corrected chi connectivity index (χ2v) is 11.7. The van der Waals surface area contributed by atoms with E-state index in [0.29, 0.717) is 10.8 Å². The molecular weight excluding hydrogens is 456 g/mol. The monoisotopic (exact) mass is 482 g/mol. The van der Waals surface area contributed by atoms with Crippen molar-refractivity contribution >= 4 is 39.5 Å². The summed E-state index contributed by atoms with van der Waals surface area (Å²) < 4.78 is 34.3. The number of carbonyl (C=O) groups is 1. The van der Waals surface area contributed by atoms with Gasteiger partial charge in [0.2, 0.25) is 0 Å². The molecule has 1 aliphatic rings. The lowest BCUT2D eigenvalue weighted by Gasteiger charge is -2.29. The lowest BCUT2D eigenvalue weighted by molar-refractivity contribution is -0.156. The molecule has 168 valence electrons. The topological polar surface area (TPSA) is 69.7 Å². The number of fused-ring (bicyclic) bond motifs is 2. The number of esters is 1. The molecule has 3 rings (SSSR count). The van der Waals surface area contributed by atoms with Crippen LogP contribution in [0.25, 0.3) is 0 Å². The fourth-order valence-electron chi connectivity index (χ4n) is 3.79. The van der Waals surface area contributed by atoms with Crippen LogP contribution in [-0.2, 0) is 29.6 Å². The van der Waals surface area contributed by atoms with E-state index in [9.17, 15) is 13.2 Å². The Hall–Kier alpha value is -1.54. The largest absolute Gasteiger partial charge is 0.460 e. The maximum Gasteiger partial charge on any atom is 0.306 e. The van der Waals surface area contributed by atoms with Gasteiger partial charge in [0.05, 0.1) is 19.3 Å². The summed E-state index contributed by atoms with van der Waals surface area (Å²) in [4.78, 5) is 13.8. The van der Waals surface area contributed by atoms with Gasteiger partial charge in [0, 0.05) is 27.5 Å². The summed E-state index contributed by atoms with van der Waals surface area (Å²) >= 11 is 8.22. The van der Waals surface area contributed by atoms with Crippen molar-refractivity contribution in [2.75, 3.05) is 12.9 Å². The Kier molecular flexibility index (Phi) is 7.41. The predicted molar refractivity (Wildman–Crippen MR) is 124 cm³/mol. The first kappa shape index (κ1) is 24.1. The van der Waals surface area contributed by atoms with E-state index in [1.54, 1.807) is 32.5 Å². The van der Waals surface area contributed by atoms with E-state index in [1.165, 1.54) is 0 Å². The maximum absolute atomic E-state index is 12.8. The Balaban J connectivity index is 2.09. The summed E-state index contributed by atoms with van der Waals surface area (Å²) in [6, 6.07) is 13.7. The van der Waals surface area contributed by atoms with Crippen molar-refractivity contribution in [2.24, 2.45) is 5.92 Å². The minimum Gasteiger partial charge on any atom is -0.460 e. The summed E-state index contributed by atoms with van der Waals surface area (Å²) in [5.74, 6) is -0.433. The summed E-state index contributed by atoms with van der Waals surface area (Å²) in [7, 11) is -3.68. The van der Waals surface area contributed by atoms with Crippen LogP contribution in [0.1, 0.15) is 49.8 Å². The number of halogens is 1. The van der Waals surface area contributed by atoms with Crippen LogP contribution in [0, 0.1) is 5.92 Å². The van der Waals surface area contributed by atoms with E-state index < -0.39 is 27.6 Å². The van der Waals surface area contributed by atoms with E-state index in [0.717, 1.165) is 27.8 Å². The molecule has 1 aliphatic heterocycles. The van der Waals surface area contributed by atoms with Gasteiger partial charge in [-0.2, -0.15) is 8.42 Å². The zero-order valence-corrected chi connectivity index (χ0v) is 20.4. The third-order valence-electron chi connectivity index (χ3n) is 4.93. The molecule has 0 fully saturated rings. The summed E-state index contributed by atoms with van der Waals surface area (Å²) in [6.07, 6.45) is 1.03. The minimum absolute atomic E-state index is 0.0163. The van der Waals surface area contributed by atoms with Crippen LogP contribution in [0.5, 0.6) is 0 Å². The molecule has 0 amide bonds. The van der Waals surface area contributed by atoms with E-state index >= 15 is 0 Å².